The maximum Gasteiger partial charge on any atom is 0.0726 e. The number of benzene rings is 13. The van der Waals surface area contributed by atoms with Crippen molar-refractivity contribution >= 4 is 70.9 Å². The van der Waals surface area contributed by atoms with Gasteiger partial charge in [0.1, 0.15) is 0 Å². The van der Waals surface area contributed by atoms with Crippen LogP contribution in [0.2, 0.25) is 0 Å². The zero-order valence-electron chi connectivity index (χ0n) is 40.6. The van der Waals surface area contributed by atoms with Crippen molar-refractivity contribution in [3.63, 3.8) is 0 Å². The second-order valence-electron chi connectivity index (χ2n) is 21.1. The Morgan fingerprint density at radius 3 is 1.44 bits per heavy atom. The lowest BCUT2D eigenvalue weighted by Crippen LogP contribution is -2.26. The van der Waals surface area contributed by atoms with E-state index in [2.05, 4.69) is 267 Å². The molecular weight excluding hydrogens is 879 g/mol. The van der Waals surface area contributed by atoms with Crippen molar-refractivity contribution in [3.8, 4) is 44.5 Å². The van der Waals surface area contributed by atoms with Gasteiger partial charge in [-0.05, 0) is 157 Å². The average Bonchev–Trinajstić information content (AvgIpc) is 4.09. The predicted octanol–water partition coefficient (Wildman–Crippen LogP) is 19.2. The van der Waals surface area contributed by atoms with E-state index in [1.54, 1.807) is 0 Å². The fourth-order valence-electron chi connectivity index (χ4n) is 14.1. The third-order valence-electron chi connectivity index (χ3n) is 17.2. The Hall–Kier alpha value is -9.04. The van der Waals surface area contributed by atoms with Crippen molar-refractivity contribution in [2.45, 2.75) is 24.7 Å². The molecule has 73 heavy (non-hydrogen) atoms. The smallest absolute Gasteiger partial charge is 0.0726 e. The highest BCUT2D eigenvalue weighted by molar-refractivity contribution is 6.26. The van der Waals surface area contributed by atoms with E-state index in [4.69, 9.17) is 0 Å². The summed E-state index contributed by atoms with van der Waals surface area (Å²) in [6.07, 6.45) is 0. The Morgan fingerprint density at radius 2 is 0.767 bits per heavy atom. The molecule has 0 aromatic heterocycles. The highest BCUT2D eigenvalue weighted by atomic mass is 15.1. The monoisotopic (exact) mass is 925 g/mol. The molecule has 1 heteroatoms. The normalized spacial score (nSPS) is 14.1. The number of hydrogen-bond acceptors (Lipinski definition) is 1. The fraction of sp³-hybridized carbons (Fsp3) is 0.0556. The van der Waals surface area contributed by atoms with Crippen LogP contribution in [0.5, 0.6) is 0 Å². The molecule has 0 radical (unpaired) electrons. The Morgan fingerprint density at radius 1 is 0.274 bits per heavy atom. The largest absolute Gasteiger partial charge is 0.309 e. The van der Waals surface area contributed by atoms with Crippen LogP contribution >= 0.6 is 0 Å². The Labute approximate surface area is 424 Å². The zero-order chi connectivity index (χ0) is 48.2. The first kappa shape index (κ1) is 40.7. The van der Waals surface area contributed by atoms with Crippen molar-refractivity contribution in [3.05, 3.63) is 282 Å². The average molecular weight is 926 g/mol. The van der Waals surface area contributed by atoms with E-state index < -0.39 is 5.41 Å². The SMILES string of the molecule is CC1(C)c2ccccc2-c2c(N(c3ccc4c5ccccc5c5ccccc5c4c3)c3cc4c(cc3-c3ccc5c(ccc6ccccc65)c3)-c3ccccc3C43c4ccccc4-c4ccccc43)cccc21. The van der Waals surface area contributed by atoms with Gasteiger partial charge in [0.2, 0.25) is 0 Å². The fourth-order valence-corrected chi connectivity index (χ4v) is 14.1. The van der Waals surface area contributed by atoms with Crippen molar-refractivity contribution < 1.29 is 0 Å². The van der Waals surface area contributed by atoms with Crippen LogP contribution in [0.15, 0.2) is 249 Å². The van der Waals surface area contributed by atoms with Gasteiger partial charge in [0.25, 0.3) is 0 Å². The van der Waals surface area contributed by atoms with Crippen LogP contribution in [0.25, 0.3) is 98.4 Å². The van der Waals surface area contributed by atoms with Gasteiger partial charge < -0.3 is 4.90 Å². The predicted molar refractivity (Wildman–Crippen MR) is 308 cm³/mol. The molecule has 1 nitrogen and oxygen atoms in total. The summed E-state index contributed by atoms with van der Waals surface area (Å²) in [4.78, 5) is 2.64. The van der Waals surface area contributed by atoms with Crippen molar-refractivity contribution in [1.29, 1.82) is 0 Å². The zero-order valence-corrected chi connectivity index (χ0v) is 40.6. The topological polar surface area (TPSA) is 3.24 Å². The van der Waals surface area contributed by atoms with E-state index in [0.717, 1.165) is 11.4 Å². The van der Waals surface area contributed by atoms with E-state index in [1.807, 2.05) is 0 Å². The molecule has 16 rings (SSSR count). The molecule has 13 aromatic rings. The number of anilines is 3. The lowest BCUT2D eigenvalue weighted by atomic mass is 9.70. The Bertz CT molecular complexity index is 4470. The molecule has 0 N–H and O–H groups in total. The van der Waals surface area contributed by atoms with Gasteiger partial charge in [0.15, 0.2) is 0 Å². The highest BCUT2D eigenvalue weighted by Crippen LogP contribution is 2.65. The number of nitrogens with zero attached hydrogens (tertiary/aromatic N) is 1. The first-order valence-corrected chi connectivity index (χ1v) is 25.7. The first-order chi connectivity index (χ1) is 36.0. The van der Waals surface area contributed by atoms with Crippen molar-refractivity contribution in [1.82, 2.24) is 0 Å². The Balaban J connectivity index is 1.07. The number of hydrogen-bond donors (Lipinski definition) is 0. The van der Waals surface area contributed by atoms with Crippen LogP contribution in [0.3, 0.4) is 0 Å². The molecule has 0 atom stereocenters. The van der Waals surface area contributed by atoms with Crippen LogP contribution < -0.4 is 4.90 Å². The first-order valence-electron chi connectivity index (χ1n) is 25.7. The number of fused-ring (bicyclic) bond motifs is 22. The molecule has 0 aliphatic heterocycles. The lowest BCUT2D eigenvalue weighted by Gasteiger charge is -2.34. The van der Waals surface area contributed by atoms with Crippen molar-refractivity contribution in [2.75, 3.05) is 4.90 Å². The van der Waals surface area contributed by atoms with Gasteiger partial charge in [-0.15, -0.1) is 0 Å². The van der Waals surface area contributed by atoms with Crippen LogP contribution in [0, 0.1) is 0 Å². The third-order valence-corrected chi connectivity index (χ3v) is 17.2. The van der Waals surface area contributed by atoms with Crippen LogP contribution in [0.4, 0.5) is 17.1 Å². The summed E-state index contributed by atoms with van der Waals surface area (Å²) in [6, 6.07) is 94.6. The second-order valence-corrected chi connectivity index (χ2v) is 21.1. The van der Waals surface area contributed by atoms with E-state index in [-0.39, 0.29) is 5.41 Å². The molecule has 3 aliphatic carbocycles. The van der Waals surface area contributed by atoms with Gasteiger partial charge in [-0.3, -0.25) is 0 Å². The van der Waals surface area contributed by atoms with Gasteiger partial charge in [0, 0.05) is 22.2 Å². The van der Waals surface area contributed by atoms with Crippen LogP contribution in [-0.2, 0) is 10.8 Å². The molecule has 1 spiro atoms. The highest BCUT2D eigenvalue weighted by Gasteiger charge is 2.52. The summed E-state index contributed by atoms with van der Waals surface area (Å²) in [5, 5.41) is 12.6. The quantitative estimate of drug-likeness (QED) is 0.159. The number of rotatable bonds is 4. The van der Waals surface area contributed by atoms with E-state index in [0.29, 0.717) is 0 Å². The molecule has 13 aromatic carbocycles. The van der Waals surface area contributed by atoms with Gasteiger partial charge in [-0.1, -0.05) is 226 Å². The molecule has 0 saturated heterocycles. The summed E-state index contributed by atoms with van der Waals surface area (Å²) in [6.45, 7) is 4.79. The lowest BCUT2D eigenvalue weighted by molar-refractivity contribution is 0.660. The van der Waals surface area contributed by atoms with Gasteiger partial charge in [0.05, 0.1) is 16.8 Å². The maximum atomic E-state index is 2.64. The van der Waals surface area contributed by atoms with Crippen molar-refractivity contribution in [2.24, 2.45) is 0 Å². The third kappa shape index (κ3) is 5.36. The minimum absolute atomic E-state index is 0.197. The standard InChI is InChI=1S/C72H47N/c1-71(2)62-28-13-12-27-58(62)70-66(71)32-17-33-68(70)73(47-37-39-54-52-22-6-5-20-50(52)51-21-7-8-23-53(51)60(54)41-47)69-43-67-61(42-59(69)46-36-38-49-45(40-46)35-34-44-18-3-4-19-48(44)49)57-26-11-16-31-65(57)72(67)63-29-14-9-24-55(63)56-25-10-15-30-64(56)72/h3-43H,1-2H3. The van der Waals surface area contributed by atoms with E-state index >= 15 is 0 Å². The van der Waals surface area contributed by atoms with Crippen LogP contribution in [0.1, 0.15) is 47.2 Å². The molecule has 0 heterocycles. The summed E-state index contributed by atoms with van der Waals surface area (Å²) in [7, 11) is 0. The minimum Gasteiger partial charge on any atom is -0.309 e. The van der Waals surface area contributed by atoms with Gasteiger partial charge >= 0.3 is 0 Å². The molecule has 0 bridgehead atoms. The summed E-state index contributed by atoms with van der Waals surface area (Å²) < 4.78 is 0. The molecule has 0 saturated carbocycles. The van der Waals surface area contributed by atoms with Gasteiger partial charge in [-0.25, -0.2) is 0 Å². The van der Waals surface area contributed by atoms with Gasteiger partial charge in [-0.2, -0.15) is 0 Å². The van der Waals surface area contributed by atoms with E-state index in [1.165, 1.54) is 137 Å². The minimum atomic E-state index is -0.536. The second kappa shape index (κ2) is 14.8. The van der Waals surface area contributed by atoms with Crippen LogP contribution in [-0.4, -0.2) is 0 Å². The molecule has 0 unspecified atom stereocenters. The summed E-state index contributed by atoms with van der Waals surface area (Å²) >= 11 is 0. The molecule has 0 amide bonds. The van der Waals surface area contributed by atoms with E-state index in [9.17, 15) is 0 Å². The summed E-state index contributed by atoms with van der Waals surface area (Å²) in [5.74, 6) is 0. The maximum absolute atomic E-state index is 2.64. The molecule has 3 aliphatic rings. The Kier molecular flexibility index (Phi) is 8.22. The molecular formula is C72H47N. The molecule has 340 valence electrons. The summed E-state index contributed by atoms with van der Waals surface area (Å²) in [5.41, 5.74) is 20.9. The molecule has 0 fully saturated rings.